The van der Waals surface area contributed by atoms with E-state index < -0.39 is 0 Å². The Morgan fingerprint density at radius 1 is 1.39 bits per heavy atom. The second kappa shape index (κ2) is 5.89. The van der Waals surface area contributed by atoms with Crippen molar-refractivity contribution in [3.05, 3.63) is 28.0 Å². The first-order valence-corrected chi connectivity index (χ1v) is 6.95. The number of aromatic nitrogens is 1. The number of halogens is 2. The Morgan fingerprint density at radius 2 is 2.11 bits per heavy atom. The molecule has 1 amide bonds. The molecule has 2 unspecified atom stereocenters. The lowest BCUT2D eigenvalue weighted by molar-refractivity contribution is 0.0910. The summed E-state index contributed by atoms with van der Waals surface area (Å²) in [5.74, 6) is 0.401. The van der Waals surface area contributed by atoms with Crippen LogP contribution in [-0.2, 0) is 0 Å². The fourth-order valence-electron chi connectivity index (χ4n) is 2.33. The Hall–Kier alpha value is -0.800. The fourth-order valence-corrected chi connectivity index (χ4v) is 2.60. The van der Waals surface area contributed by atoms with Gasteiger partial charge in [-0.25, -0.2) is 4.98 Å². The van der Waals surface area contributed by atoms with Gasteiger partial charge in [-0.05, 0) is 24.8 Å². The van der Waals surface area contributed by atoms with Crippen LogP contribution in [0.2, 0.25) is 10.2 Å². The molecule has 1 aromatic heterocycles. The average Bonchev–Trinajstić information content (AvgIpc) is 2.35. The van der Waals surface area contributed by atoms with Crippen LogP contribution in [0.3, 0.4) is 0 Å². The Kier molecular flexibility index (Phi) is 4.46. The van der Waals surface area contributed by atoms with Crippen LogP contribution >= 0.6 is 23.2 Å². The van der Waals surface area contributed by atoms with Crippen molar-refractivity contribution < 1.29 is 4.79 Å². The third-order valence-electron chi connectivity index (χ3n) is 3.49. The molecule has 0 bridgehead atoms. The van der Waals surface area contributed by atoms with Gasteiger partial charge in [-0.3, -0.25) is 4.79 Å². The SMILES string of the molecule is CC1CCCCC1NC(=O)c1cnc(Cl)c(Cl)c1. The Balaban J connectivity index is 2.04. The number of nitrogens with zero attached hydrogens (tertiary/aromatic N) is 1. The molecule has 1 heterocycles. The molecular formula is C13H16Cl2N2O. The maximum Gasteiger partial charge on any atom is 0.253 e. The van der Waals surface area contributed by atoms with Gasteiger partial charge in [-0.15, -0.1) is 0 Å². The molecule has 0 aromatic carbocycles. The molecule has 0 spiro atoms. The van der Waals surface area contributed by atoms with Gasteiger partial charge in [-0.2, -0.15) is 0 Å². The van der Waals surface area contributed by atoms with Gasteiger partial charge in [0.05, 0.1) is 10.6 Å². The van der Waals surface area contributed by atoms with Crippen LogP contribution in [-0.4, -0.2) is 16.9 Å². The number of carbonyl (C=O) groups is 1. The summed E-state index contributed by atoms with van der Waals surface area (Å²) in [7, 11) is 0. The van der Waals surface area contributed by atoms with Crippen LogP contribution in [0.1, 0.15) is 43.0 Å². The van der Waals surface area contributed by atoms with Gasteiger partial charge < -0.3 is 5.32 Å². The van der Waals surface area contributed by atoms with Crippen molar-refractivity contribution in [2.45, 2.75) is 38.6 Å². The minimum Gasteiger partial charge on any atom is -0.349 e. The highest BCUT2D eigenvalue weighted by atomic mass is 35.5. The molecule has 98 valence electrons. The van der Waals surface area contributed by atoms with Gasteiger partial charge in [0, 0.05) is 12.2 Å². The highest BCUT2D eigenvalue weighted by molar-refractivity contribution is 6.41. The lowest BCUT2D eigenvalue weighted by Crippen LogP contribution is -2.41. The molecule has 2 atom stereocenters. The van der Waals surface area contributed by atoms with Crippen LogP contribution in [0, 0.1) is 5.92 Å². The van der Waals surface area contributed by atoms with Gasteiger partial charge in [0.2, 0.25) is 0 Å². The molecule has 0 radical (unpaired) electrons. The molecule has 2 rings (SSSR count). The fraction of sp³-hybridized carbons (Fsp3) is 0.538. The van der Waals surface area contributed by atoms with Crippen LogP contribution < -0.4 is 5.32 Å². The van der Waals surface area contributed by atoms with Crippen molar-refractivity contribution in [2.75, 3.05) is 0 Å². The van der Waals surface area contributed by atoms with E-state index in [1.54, 1.807) is 6.07 Å². The standard InChI is InChI=1S/C13H16Cl2N2O/c1-8-4-2-3-5-11(8)17-13(18)9-6-10(14)12(15)16-7-9/h6-8,11H,2-5H2,1H3,(H,17,18). The second-order valence-electron chi connectivity index (χ2n) is 4.84. The summed E-state index contributed by atoms with van der Waals surface area (Å²) in [6, 6.07) is 1.81. The van der Waals surface area contributed by atoms with E-state index >= 15 is 0 Å². The molecule has 1 aliphatic rings. The summed E-state index contributed by atoms with van der Waals surface area (Å²) in [6.45, 7) is 2.18. The van der Waals surface area contributed by atoms with E-state index in [0.29, 0.717) is 16.5 Å². The predicted molar refractivity (Wildman–Crippen MR) is 73.1 cm³/mol. The van der Waals surface area contributed by atoms with Crippen molar-refractivity contribution in [3.63, 3.8) is 0 Å². The highest BCUT2D eigenvalue weighted by Gasteiger charge is 2.23. The molecule has 1 N–H and O–H groups in total. The summed E-state index contributed by atoms with van der Waals surface area (Å²) >= 11 is 11.6. The number of hydrogen-bond donors (Lipinski definition) is 1. The largest absolute Gasteiger partial charge is 0.349 e. The smallest absolute Gasteiger partial charge is 0.253 e. The molecule has 1 aromatic rings. The van der Waals surface area contributed by atoms with E-state index in [1.165, 1.54) is 25.5 Å². The molecule has 3 nitrogen and oxygen atoms in total. The Labute approximate surface area is 117 Å². The number of amides is 1. The number of carbonyl (C=O) groups excluding carboxylic acids is 1. The molecular weight excluding hydrogens is 271 g/mol. The van der Waals surface area contributed by atoms with Crippen molar-refractivity contribution in [2.24, 2.45) is 5.92 Å². The normalized spacial score (nSPS) is 23.7. The minimum atomic E-state index is -0.125. The monoisotopic (exact) mass is 286 g/mol. The summed E-state index contributed by atoms with van der Waals surface area (Å²) in [5, 5.41) is 3.58. The topological polar surface area (TPSA) is 42.0 Å². The zero-order valence-electron chi connectivity index (χ0n) is 10.2. The summed E-state index contributed by atoms with van der Waals surface area (Å²) in [6.07, 6.45) is 6.10. The molecule has 0 aliphatic heterocycles. The molecule has 18 heavy (non-hydrogen) atoms. The zero-order valence-corrected chi connectivity index (χ0v) is 11.8. The molecule has 5 heteroatoms. The number of hydrogen-bond acceptors (Lipinski definition) is 2. The van der Waals surface area contributed by atoms with E-state index in [2.05, 4.69) is 17.2 Å². The summed E-state index contributed by atoms with van der Waals surface area (Å²) < 4.78 is 0. The maximum absolute atomic E-state index is 12.1. The van der Waals surface area contributed by atoms with E-state index in [-0.39, 0.29) is 17.1 Å². The molecule has 1 saturated carbocycles. The van der Waals surface area contributed by atoms with Gasteiger partial charge in [-0.1, -0.05) is 43.0 Å². The summed E-state index contributed by atoms with van der Waals surface area (Å²) in [5.41, 5.74) is 0.460. The van der Waals surface area contributed by atoms with Crippen LogP contribution in [0.5, 0.6) is 0 Å². The second-order valence-corrected chi connectivity index (χ2v) is 5.60. The zero-order chi connectivity index (χ0) is 13.1. The van der Waals surface area contributed by atoms with Crippen molar-refractivity contribution in [1.82, 2.24) is 10.3 Å². The molecule has 1 aliphatic carbocycles. The van der Waals surface area contributed by atoms with Crippen molar-refractivity contribution in [1.29, 1.82) is 0 Å². The first kappa shape index (κ1) is 13.6. The lowest BCUT2D eigenvalue weighted by atomic mass is 9.86. The third-order valence-corrected chi connectivity index (χ3v) is 4.17. The van der Waals surface area contributed by atoms with Crippen LogP contribution in [0.25, 0.3) is 0 Å². The number of nitrogens with one attached hydrogen (secondary N) is 1. The van der Waals surface area contributed by atoms with Gasteiger partial charge >= 0.3 is 0 Å². The average molecular weight is 287 g/mol. The van der Waals surface area contributed by atoms with Crippen molar-refractivity contribution in [3.8, 4) is 0 Å². The van der Waals surface area contributed by atoms with E-state index in [9.17, 15) is 4.79 Å². The number of pyridine rings is 1. The molecule has 0 saturated heterocycles. The highest BCUT2D eigenvalue weighted by Crippen LogP contribution is 2.24. The van der Waals surface area contributed by atoms with Crippen LogP contribution in [0.15, 0.2) is 12.3 Å². The van der Waals surface area contributed by atoms with Crippen LogP contribution in [0.4, 0.5) is 0 Å². The maximum atomic E-state index is 12.1. The third kappa shape index (κ3) is 3.15. The van der Waals surface area contributed by atoms with E-state index in [1.807, 2.05) is 0 Å². The van der Waals surface area contributed by atoms with Gasteiger partial charge in [0.1, 0.15) is 5.15 Å². The number of rotatable bonds is 2. The Bertz CT molecular complexity index is 451. The quantitative estimate of drug-likeness (QED) is 0.843. The summed E-state index contributed by atoms with van der Waals surface area (Å²) in [4.78, 5) is 16.0. The molecule has 1 fully saturated rings. The van der Waals surface area contributed by atoms with E-state index in [0.717, 1.165) is 6.42 Å². The van der Waals surface area contributed by atoms with Crippen molar-refractivity contribution >= 4 is 29.1 Å². The lowest BCUT2D eigenvalue weighted by Gasteiger charge is -2.29. The predicted octanol–water partition coefficient (Wildman–Crippen LogP) is 3.70. The van der Waals surface area contributed by atoms with Gasteiger partial charge in [0.25, 0.3) is 5.91 Å². The first-order chi connectivity index (χ1) is 8.58. The van der Waals surface area contributed by atoms with E-state index in [4.69, 9.17) is 23.2 Å². The minimum absolute atomic E-state index is 0.125. The first-order valence-electron chi connectivity index (χ1n) is 6.20. The Morgan fingerprint density at radius 3 is 2.78 bits per heavy atom. The van der Waals surface area contributed by atoms with Gasteiger partial charge in [0.15, 0.2) is 0 Å².